The van der Waals surface area contributed by atoms with E-state index in [1.165, 1.54) is 7.11 Å². The average molecular weight is 346 g/mol. The van der Waals surface area contributed by atoms with E-state index in [1.54, 1.807) is 22.3 Å². The van der Waals surface area contributed by atoms with Gasteiger partial charge in [-0.15, -0.1) is 11.3 Å². The van der Waals surface area contributed by atoms with Crippen molar-refractivity contribution in [1.29, 1.82) is 0 Å². The summed E-state index contributed by atoms with van der Waals surface area (Å²) in [6, 6.07) is 7.30. The topological polar surface area (TPSA) is 68.7 Å². The fraction of sp³-hybridized carbons (Fsp3) is 0.353. The van der Waals surface area contributed by atoms with Gasteiger partial charge in [0.15, 0.2) is 6.10 Å². The Morgan fingerprint density at radius 1 is 1.42 bits per heavy atom. The number of benzene rings is 1. The number of hydrogen-bond acceptors (Lipinski definition) is 6. The number of carbonyl (C=O) groups is 2. The fourth-order valence-corrected chi connectivity index (χ4v) is 3.28. The molecule has 1 aromatic carbocycles. The van der Waals surface area contributed by atoms with Crippen molar-refractivity contribution >= 4 is 28.9 Å². The van der Waals surface area contributed by atoms with Crippen LogP contribution < -0.4 is 9.64 Å². The van der Waals surface area contributed by atoms with Crippen LogP contribution in [0.15, 0.2) is 29.6 Å². The molecule has 0 saturated heterocycles. The summed E-state index contributed by atoms with van der Waals surface area (Å²) in [5.74, 6) is -0.156. The van der Waals surface area contributed by atoms with Crippen molar-refractivity contribution in [2.24, 2.45) is 0 Å². The monoisotopic (exact) mass is 346 g/mol. The SMILES string of the molecule is CCc1nc(CN2C(=O)[C@@H](CC(=O)OC)Oc3ccccc32)cs1. The minimum Gasteiger partial charge on any atom is -0.478 e. The van der Waals surface area contributed by atoms with E-state index in [4.69, 9.17) is 4.74 Å². The number of amides is 1. The van der Waals surface area contributed by atoms with Gasteiger partial charge in [0, 0.05) is 5.38 Å². The number of rotatable bonds is 5. The molecule has 2 aromatic rings. The van der Waals surface area contributed by atoms with Gasteiger partial charge in [0.2, 0.25) is 0 Å². The molecule has 126 valence electrons. The Morgan fingerprint density at radius 3 is 2.92 bits per heavy atom. The number of anilines is 1. The number of para-hydroxylation sites is 2. The van der Waals surface area contributed by atoms with Crippen LogP contribution in [0, 0.1) is 0 Å². The van der Waals surface area contributed by atoms with Crippen LogP contribution in [0.25, 0.3) is 0 Å². The summed E-state index contributed by atoms with van der Waals surface area (Å²) in [5, 5.41) is 2.99. The van der Waals surface area contributed by atoms with E-state index in [9.17, 15) is 9.59 Å². The molecule has 0 bridgehead atoms. The average Bonchev–Trinajstić information content (AvgIpc) is 3.06. The standard InChI is InChI=1S/C17H18N2O4S/c1-3-15-18-11(10-24-15)9-19-12-6-4-5-7-13(12)23-14(17(19)21)8-16(20)22-2/h4-7,10,14H,3,8-9H2,1-2H3/t14-/m1/s1. The quantitative estimate of drug-likeness (QED) is 0.778. The third-order valence-corrected chi connectivity index (χ3v) is 4.81. The molecule has 0 radical (unpaired) electrons. The van der Waals surface area contributed by atoms with Gasteiger partial charge in [-0.1, -0.05) is 19.1 Å². The number of nitrogens with zero attached hydrogens (tertiary/aromatic N) is 2. The molecule has 1 aliphatic heterocycles. The lowest BCUT2D eigenvalue weighted by Crippen LogP contribution is -2.46. The highest BCUT2D eigenvalue weighted by Crippen LogP contribution is 2.35. The van der Waals surface area contributed by atoms with Crippen molar-refractivity contribution in [2.75, 3.05) is 12.0 Å². The largest absolute Gasteiger partial charge is 0.478 e. The predicted octanol–water partition coefficient (Wildman–Crippen LogP) is 2.56. The molecule has 0 unspecified atom stereocenters. The zero-order valence-electron chi connectivity index (χ0n) is 13.5. The van der Waals surface area contributed by atoms with Crippen LogP contribution in [0.5, 0.6) is 5.75 Å². The first-order valence-electron chi connectivity index (χ1n) is 7.69. The smallest absolute Gasteiger partial charge is 0.309 e. The Morgan fingerprint density at radius 2 is 2.21 bits per heavy atom. The maximum Gasteiger partial charge on any atom is 0.309 e. The first-order chi connectivity index (χ1) is 11.6. The number of esters is 1. The van der Waals surface area contributed by atoms with E-state index in [2.05, 4.69) is 9.72 Å². The molecule has 7 heteroatoms. The lowest BCUT2D eigenvalue weighted by atomic mass is 10.1. The van der Waals surface area contributed by atoms with Crippen LogP contribution in [-0.2, 0) is 27.3 Å². The molecule has 1 aromatic heterocycles. The Labute approximate surface area is 144 Å². The van der Waals surface area contributed by atoms with E-state index >= 15 is 0 Å². The number of fused-ring (bicyclic) bond motifs is 1. The zero-order chi connectivity index (χ0) is 17.1. The highest BCUT2D eigenvalue weighted by Gasteiger charge is 2.36. The number of aromatic nitrogens is 1. The zero-order valence-corrected chi connectivity index (χ0v) is 14.3. The molecule has 1 amide bonds. The van der Waals surface area contributed by atoms with Crippen molar-refractivity contribution in [3.63, 3.8) is 0 Å². The maximum atomic E-state index is 12.8. The summed E-state index contributed by atoms with van der Waals surface area (Å²) < 4.78 is 10.4. The van der Waals surface area contributed by atoms with Crippen LogP contribution in [0.1, 0.15) is 24.0 Å². The van der Waals surface area contributed by atoms with Crippen LogP contribution in [0.2, 0.25) is 0 Å². The van der Waals surface area contributed by atoms with Gasteiger partial charge >= 0.3 is 5.97 Å². The van der Waals surface area contributed by atoms with E-state index in [0.29, 0.717) is 18.0 Å². The first-order valence-corrected chi connectivity index (χ1v) is 8.57. The van der Waals surface area contributed by atoms with Gasteiger partial charge in [-0.05, 0) is 18.6 Å². The number of aryl methyl sites for hydroxylation is 1. The summed E-state index contributed by atoms with van der Waals surface area (Å²) in [7, 11) is 1.29. The van der Waals surface area contributed by atoms with E-state index in [-0.39, 0.29) is 12.3 Å². The molecule has 0 fully saturated rings. The predicted molar refractivity (Wildman–Crippen MR) is 90.2 cm³/mol. The van der Waals surface area contributed by atoms with Gasteiger partial charge in [0.1, 0.15) is 5.75 Å². The van der Waals surface area contributed by atoms with Crippen molar-refractivity contribution in [1.82, 2.24) is 4.98 Å². The third kappa shape index (κ3) is 3.26. The number of ether oxygens (including phenoxy) is 2. The molecule has 0 spiro atoms. The molecule has 24 heavy (non-hydrogen) atoms. The summed E-state index contributed by atoms with van der Waals surface area (Å²) in [4.78, 5) is 30.5. The molecule has 0 aliphatic carbocycles. The van der Waals surface area contributed by atoms with E-state index in [0.717, 1.165) is 17.1 Å². The normalized spacial score (nSPS) is 16.5. The number of hydrogen-bond donors (Lipinski definition) is 0. The number of thiazole rings is 1. The second-order valence-corrected chi connectivity index (χ2v) is 6.31. The van der Waals surface area contributed by atoms with Gasteiger partial charge in [-0.2, -0.15) is 0 Å². The molecule has 3 rings (SSSR count). The molecular formula is C17H18N2O4S. The Hall–Kier alpha value is -2.41. The Bertz CT molecular complexity index is 759. The molecule has 0 saturated carbocycles. The Balaban J connectivity index is 1.89. The summed E-state index contributed by atoms with van der Waals surface area (Å²) in [6.45, 7) is 2.40. The first kappa shape index (κ1) is 16.4. The molecule has 6 nitrogen and oxygen atoms in total. The highest BCUT2D eigenvalue weighted by molar-refractivity contribution is 7.09. The lowest BCUT2D eigenvalue weighted by molar-refractivity contribution is -0.145. The minimum atomic E-state index is -0.878. The third-order valence-electron chi connectivity index (χ3n) is 3.77. The number of carbonyl (C=O) groups excluding carboxylic acids is 2. The minimum absolute atomic E-state index is 0.114. The van der Waals surface area contributed by atoms with Crippen LogP contribution in [0.4, 0.5) is 5.69 Å². The molecule has 0 N–H and O–H groups in total. The summed E-state index contributed by atoms with van der Waals surface area (Å²) in [5.41, 5.74) is 1.52. The van der Waals surface area contributed by atoms with E-state index in [1.807, 2.05) is 30.5 Å². The molecule has 1 atom stereocenters. The van der Waals surface area contributed by atoms with Crippen molar-refractivity contribution in [2.45, 2.75) is 32.4 Å². The van der Waals surface area contributed by atoms with Crippen molar-refractivity contribution < 1.29 is 19.1 Å². The van der Waals surface area contributed by atoms with Gasteiger partial charge in [0.25, 0.3) is 5.91 Å². The fourth-order valence-electron chi connectivity index (χ4n) is 2.55. The van der Waals surface area contributed by atoms with Gasteiger partial charge < -0.3 is 9.47 Å². The summed E-state index contributed by atoms with van der Waals surface area (Å²) >= 11 is 1.58. The van der Waals surface area contributed by atoms with Crippen LogP contribution >= 0.6 is 11.3 Å². The second kappa shape index (κ2) is 7.00. The van der Waals surface area contributed by atoms with Gasteiger partial charge in [-0.25, -0.2) is 4.98 Å². The lowest BCUT2D eigenvalue weighted by Gasteiger charge is -2.33. The molecule has 2 heterocycles. The van der Waals surface area contributed by atoms with Crippen molar-refractivity contribution in [3.05, 3.63) is 40.3 Å². The van der Waals surface area contributed by atoms with Crippen LogP contribution in [0.3, 0.4) is 0 Å². The number of methoxy groups -OCH3 is 1. The van der Waals surface area contributed by atoms with Crippen molar-refractivity contribution in [3.8, 4) is 5.75 Å². The van der Waals surface area contributed by atoms with Gasteiger partial charge in [-0.3, -0.25) is 14.5 Å². The second-order valence-electron chi connectivity index (χ2n) is 5.36. The van der Waals surface area contributed by atoms with Gasteiger partial charge in [0.05, 0.1) is 36.5 Å². The Kier molecular flexibility index (Phi) is 4.80. The van der Waals surface area contributed by atoms with Crippen LogP contribution in [-0.4, -0.2) is 30.1 Å². The summed E-state index contributed by atoms with van der Waals surface area (Å²) in [6.07, 6.45) is -0.127. The maximum absolute atomic E-state index is 12.8. The molecular weight excluding hydrogens is 328 g/mol. The molecule has 1 aliphatic rings. The highest BCUT2D eigenvalue weighted by atomic mass is 32.1. The van der Waals surface area contributed by atoms with E-state index < -0.39 is 12.1 Å².